The van der Waals surface area contributed by atoms with Crippen LogP contribution in [0.3, 0.4) is 0 Å². The van der Waals surface area contributed by atoms with Gasteiger partial charge in [-0.05, 0) is 95.6 Å². The molecular weight excluding hydrogens is 874 g/mol. The van der Waals surface area contributed by atoms with E-state index in [9.17, 15) is 13.2 Å². The van der Waals surface area contributed by atoms with Crippen LogP contribution in [-0.2, 0) is 6.18 Å². The van der Waals surface area contributed by atoms with E-state index in [1.165, 1.54) is 6.07 Å². The van der Waals surface area contributed by atoms with Crippen molar-refractivity contribution in [3.05, 3.63) is 241 Å². The molecule has 6 nitrogen and oxygen atoms in total. The van der Waals surface area contributed by atoms with Crippen LogP contribution >= 0.6 is 0 Å². The van der Waals surface area contributed by atoms with Crippen LogP contribution in [0.2, 0.25) is 0 Å². The van der Waals surface area contributed by atoms with Crippen molar-refractivity contribution in [3.63, 3.8) is 0 Å². The Balaban J connectivity index is 1.12. The molecule has 0 aliphatic heterocycles. The minimum Gasteiger partial charge on any atom is -0.319 e. The fourth-order valence-corrected chi connectivity index (χ4v) is 9.97. The zero-order valence-electron chi connectivity index (χ0n) is 37.0. The first kappa shape index (κ1) is 41.8. The number of pyridine rings is 2. The van der Waals surface area contributed by atoms with E-state index in [0.717, 1.165) is 101 Å². The lowest BCUT2D eigenvalue weighted by Gasteiger charge is -2.20. The van der Waals surface area contributed by atoms with E-state index in [1.807, 2.05) is 167 Å². The quantitative estimate of drug-likeness (QED) is 0.150. The van der Waals surface area contributed by atoms with Crippen LogP contribution < -0.4 is 0 Å². The van der Waals surface area contributed by atoms with Gasteiger partial charge < -0.3 is 9.13 Å². The van der Waals surface area contributed by atoms with Gasteiger partial charge in [0, 0.05) is 73.0 Å². The minimum absolute atomic E-state index is 0.154. The van der Waals surface area contributed by atoms with Gasteiger partial charge in [0.05, 0.1) is 52.3 Å². The van der Waals surface area contributed by atoms with Gasteiger partial charge in [-0.2, -0.15) is 13.2 Å². The van der Waals surface area contributed by atoms with Gasteiger partial charge in [-0.25, -0.2) is 9.69 Å². The van der Waals surface area contributed by atoms with Gasteiger partial charge in [-0.15, -0.1) is 0 Å². The summed E-state index contributed by atoms with van der Waals surface area (Å²) in [7, 11) is 0. The van der Waals surface area contributed by atoms with Gasteiger partial charge in [-0.1, -0.05) is 121 Å². The number of hydrogen-bond acceptors (Lipinski definition) is 2. The second-order valence-corrected chi connectivity index (χ2v) is 17.0. The molecule has 0 aliphatic rings. The van der Waals surface area contributed by atoms with Crippen LogP contribution in [0.15, 0.2) is 213 Å². The van der Waals surface area contributed by atoms with Gasteiger partial charge in [-0.3, -0.25) is 9.97 Å². The highest BCUT2D eigenvalue weighted by molar-refractivity contribution is 6.13. The van der Waals surface area contributed by atoms with Crippen LogP contribution in [-0.4, -0.2) is 19.1 Å². The molecule has 0 bridgehead atoms. The maximum Gasteiger partial charge on any atom is 0.415 e. The normalized spacial score (nSPS) is 11.6. The third kappa shape index (κ3) is 6.96. The molecule has 0 spiro atoms. The third-order valence-corrected chi connectivity index (χ3v) is 13.1. The van der Waals surface area contributed by atoms with E-state index in [-0.39, 0.29) is 16.9 Å². The highest BCUT2D eigenvalue weighted by Crippen LogP contribution is 2.46. The minimum atomic E-state index is -4.73. The molecule has 0 saturated carbocycles. The summed E-state index contributed by atoms with van der Waals surface area (Å²) in [5.74, 6) is 0. The lowest BCUT2D eigenvalue weighted by atomic mass is 9.97. The topological polar surface area (TPSA) is 44.4 Å². The number of hydrogen-bond donors (Lipinski definition) is 0. The number of alkyl halides is 3. The van der Waals surface area contributed by atoms with Gasteiger partial charge in [0.1, 0.15) is 0 Å². The van der Waals surface area contributed by atoms with E-state index >= 15 is 0 Å². The number of rotatable bonds is 7. The van der Waals surface area contributed by atoms with E-state index < -0.39 is 11.7 Å². The highest BCUT2D eigenvalue weighted by atomic mass is 19.4. The SMILES string of the molecule is [C-]#[N+]c1cc(-c2cc(-n3c4ccccc4c4cc(-c5cccnc5-c5ccccc5)ccc43)c([N+]#[C-])cc2-n2c3ccccc3c3cc(-c4cccnc4-c4ccccc4)ccc32)cc(C(F)(F)F)c1. The lowest BCUT2D eigenvalue weighted by molar-refractivity contribution is -0.137. The molecule has 0 aliphatic carbocycles. The number of halogens is 3. The Labute approximate surface area is 400 Å². The molecule has 9 heteroatoms. The van der Waals surface area contributed by atoms with Crippen molar-refractivity contribution in [3.8, 4) is 67.3 Å². The van der Waals surface area contributed by atoms with Crippen molar-refractivity contribution >= 4 is 55.0 Å². The molecule has 0 N–H and O–H groups in total. The summed E-state index contributed by atoms with van der Waals surface area (Å²) in [6.07, 6.45) is -1.16. The molecular formula is C61H35F3N6. The zero-order valence-corrected chi connectivity index (χ0v) is 37.0. The van der Waals surface area contributed by atoms with Crippen LogP contribution in [0, 0.1) is 13.1 Å². The first-order chi connectivity index (χ1) is 34.3. The second-order valence-electron chi connectivity index (χ2n) is 17.0. The maximum absolute atomic E-state index is 14.8. The third-order valence-electron chi connectivity index (χ3n) is 13.1. The first-order valence-corrected chi connectivity index (χ1v) is 22.5. The summed E-state index contributed by atoms with van der Waals surface area (Å²) in [5, 5.41) is 3.68. The molecule has 0 saturated heterocycles. The monoisotopic (exact) mass is 908 g/mol. The molecule has 330 valence electrons. The Morgan fingerprint density at radius 3 is 1.40 bits per heavy atom. The molecule has 0 amide bonds. The second kappa shape index (κ2) is 16.6. The molecule has 8 aromatic carbocycles. The Bertz CT molecular complexity index is 4140. The number of fused-ring (bicyclic) bond motifs is 6. The molecule has 4 aromatic heterocycles. The molecule has 4 heterocycles. The van der Waals surface area contributed by atoms with Crippen LogP contribution in [0.4, 0.5) is 24.5 Å². The Morgan fingerprint density at radius 1 is 0.386 bits per heavy atom. The van der Waals surface area contributed by atoms with Crippen molar-refractivity contribution in [1.29, 1.82) is 0 Å². The zero-order chi connectivity index (χ0) is 47.5. The first-order valence-electron chi connectivity index (χ1n) is 22.5. The van der Waals surface area contributed by atoms with Gasteiger partial charge in [0.2, 0.25) is 5.69 Å². The van der Waals surface area contributed by atoms with Crippen LogP contribution in [0.5, 0.6) is 0 Å². The summed E-state index contributed by atoms with van der Waals surface area (Å²) in [6, 6.07) is 63.3. The van der Waals surface area contributed by atoms with E-state index in [4.69, 9.17) is 23.1 Å². The smallest absolute Gasteiger partial charge is 0.319 e. The summed E-state index contributed by atoms with van der Waals surface area (Å²) < 4.78 is 48.4. The predicted octanol–water partition coefficient (Wildman–Crippen LogP) is 17.1. The fraction of sp³-hybridized carbons (Fsp3) is 0.0164. The highest BCUT2D eigenvalue weighted by Gasteiger charge is 2.32. The van der Waals surface area contributed by atoms with Crippen molar-refractivity contribution < 1.29 is 13.2 Å². The molecule has 0 fully saturated rings. The average Bonchev–Trinajstić information content (AvgIpc) is 3.92. The Hall–Kier alpha value is -9.57. The summed E-state index contributed by atoms with van der Waals surface area (Å²) >= 11 is 0. The van der Waals surface area contributed by atoms with Crippen LogP contribution in [0.1, 0.15) is 5.56 Å². The molecule has 0 atom stereocenters. The fourth-order valence-electron chi connectivity index (χ4n) is 9.97. The van der Waals surface area contributed by atoms with Crippen LogP contribution in [0.25, 0.3) is 121 Å². The van der Waals surface area contributed by atoms with Crippen molar-refractivity contribution in [2.75, 3.05) is 0 Å². The van der Waals surface area contributed by atoms with Crippen molar-refractivity contribution in [2.45, 2.75) is 6.18 Å². The molecule has 12 aromatic rings. The summed E-state index contributed by atoms with van der Waals surface area (Å²) in [6.45, 7) is 16.7. The van der Waals surface area contributed by atoms with Crippen molar-refractivity contribution in [1.82, 2.24) is 19.1 Å². The number of para-hydroxylation sites is 2. The lowest BCUT2D eigenvalue weighted by Crippen LogP contribution is -2.06. The van der Waals surface area contributed by atoms with Gasteiger partial charge in [0.15, 0.2) is 5.69 Å². The molecule has 70 heavy (non-hydrogen) atoms. The molecule has 0 radical (unpaired) electrons. The predicted molar refractivity (Wildman–Crippen MR) is 275 cm³/mol. The Morgan fingerprint density at radius 2 is 0.886 bits per heavy atom. The van der Waals surface area contributed by atoms with E-state index in [1.54, 1.807) is 18.5 Å². The average molecular weight is 909 g/mol. The molecule has 0 unspecified atom stereocenters. The molecule has 12 rings (SSSR count). The number of aromatic nitrogens is 4. The summed E-state index contributed by atoms with van der Waals surface area (Å²) in [5.41, 5.74) is 11.4. The van der Waals surface area contributed by atoms with Gasteiger partial charge >= 0.3 is 6.18 Å². The van der Waals surface area contributed by atoms with Crippen molar-refractivity contribution in [2.24, 2.45) is 0 Å². The van der Waals surface area contributed by atoms with E-state index in [2.05, 4.69) is 27.9 Å². The Kier molecular flexibility index (Phi) is 9.94. The van der Waals surface area contributed by atoms with E-state index in [0.29, 0.717) is 16.9 Å². The number of benzene rings is 8. The maximum atomic E-state index is 14.8. The van der Waals surface area contributed by atoms with Gasteiger partial charge in [0.25, 0.3) is 0 Å². The largest absolute Gasteiger partial charge is 0.415 e. The number of nitrogens with zero attached hydrogens (tertiary/aromatic N) is 6. The standard InChI is InChI=1S/C61H35F3N6/c1-65-44-32-42(31-43(35-44)61(62,63)64)49-36-58(70-54-24-12-10-20-48(54)51-34-41(26-28-56(51)70)46-22-14-30-68-60(46)39-17-7-4-8-18-39)52(66-2)37-57(49)69-53-23-11-9-19-47(53)50-33-40(25-27-55(50)69)45-21-13-29-67-59(45)38-15-5-3-6-16-38/h3-37H. The summed E-state index contributed by atoms with van der Waals surface area (Å²) in [4.78, 5) is 17.3.